The summed E-state index contributed by atoms with van der Waals surface area (Å²) in [4.78, 5) is 13.3. The Morgan fingerprint density at radius 1 is 1.20 bits per heavy atom. The lowest BCUT2D eigenvalue weighted by molar-refractivity contribution is -0.0436. The molecule has 2 aromatic rings. The Labute approximate surface area is 141 Å². The second kappa shape index (κ2) is 6.17. The van der Waals surface area contributed by atoms with E-state index in [1.54, 1.807) is 17.2 Å². The predicted octanol–water partition coefficient (Wildman–Crippen LogP) is 2.68. The van der Waals surface area contributed by atoms with Crippen LogP contribution in [0.1, 0.15) is 34.9 Å². The number of rotatable bonds is 3. The molecule has 1 saturated heterocycles. The molecule has 0 saturated carbocycles. The van der Waals surface area contributed by atoms with Gasteiger partial charge in [0.05, 0.1) is 16.6 Å². The average molecular weight is 373 g/mol. The predicted molar refractivity (Wildman–Crippen MR) is 81.3 cm³/mol. The molecular weight excluding hydrogens is 359 g/mol. The maximum Gasteiger partial charge on any atom is 0.501 e. The molecule has 0 unspecified atom stereocenters. The molecule has 1 amide bonds. The SMILES string of the molecule is O=C(c1ccc(S(=O)(=O)C(F)(F)F)cc1)N1CCC[C@H]1c1ccn[nH]1. The molecule has 1 fully saturated rings. The molecule has 1 N–H and O–H groups in total. The number of carbonyl (C=O) groups is 1. The molecule has 1 aliphatic heterocycles. The van der Waals surface area contributed by atoms with Crippen molar-refractivity contribution in [2.75, 3.05) is 6.54 Å². The normalized spacial score (nSPS) is 18.5. The van der Waals surface area contributed by atoms with Gasteiger partial charge in [0.25, 0.3) is 15.7 Å². The third kappa shape index (κ3) is 3.13. The standard InChI is InChI=1S/C15H14F3N3O3S/c16-15(17,18)25(23,24)11-5-3-10(4-6-11)14(22)21-9-1-2-13(21)12-7-8-19-20-12/h3-8,13H,1-2,9H2,(H,19,20)/t13-/m0/s1. The lowest BCUT2D eigenvalue weighted by atomic mass is 10.1. The fraction of sp³-hybridized carbons (Fsp3) is 0.333. The highest BCUT2D eigenvalue weighted by atomic mass is 32.2. The molecule has 0 bridgehead atoms. The second-order valence-electron chi connectivity index (χ2n) is 5.64. The number of nitrogens with one attached hydrogen (secondary N) is 1. The second-order valence-corrected chi connectivity index (χ2v) is 7.58. The number of likely N-dealkylation sites (tertiary alicyclic amines) is 1. The van der Waals surface area contributed by atoms with Gasteiger partial charge in [-0.3, -0.25) is 9.89 Å². The Balaban J connectivity index is 1.84. The van der Waals surface area contributed by atoms with Crippen LogP contribution in [0.4, 0.5) is 13.2 Å². The van der Waals surface area contributed by atoms with Crippen LogP contribution in [0.5, 0.6) is 0 Å². The quantitative estimate of drug-likeness (QED) is 0.897. The lowest BCUT2D eigenvalue weighted by Crippen LogP contribution is -2.30. The van der Waals surface area contributed by atoms with Crippen molar-refractivity contribution in [3.63, 3.8) is 0 Å². The van der Waals surface area contributed by atoms with E-state index in [1.807, 2.05) is 0 Å². The molecule has 1 aliphatic rings. The molecule has 0 radical (unpaired) electrons. The summed E-state index contributed by atoms with van der Waals surface area (Å²) in [6, 6.07) is 5.38. The molecule has 3 rings (SSSR count). The minimum absolute atomic E-state index is 0.132. The van der Waals surface area contributed by atoms with Crippen LogP contribution in [0, 0.1) is 0 Å². The van der Waals surface area contributed by atoms with E-state index in [2.05, 4.69) is 10.2 Å². The Morgan fingerprint density at radius 2 is 1.88 bits per heavy atom. The van der Waals surface area contributed by atoms with Gasteiger partial charge < -0.3 is 4.90 Å². The van der Waals surface area contributed by atoms with Crippen LogP contribution in [0.3, 0.4) is 0 Å². The number of halogens is 3. The summed E-state index contributed by atoms with van der Waals surface area (Å²) in [6.45, 7) is 0.505. The summed E-state index contributed by atoms with van der Waals surface area (Å²) in [6.07, 6.45) is 3.11. The monoisotopic (exact) mass is 373 g/mol. The molecule has 1 aromatic heterocycles. The third-order valence-corrected chi connectivity index (χ3v) is 5.61. The number of hydrogen-bond acceptors (Lipinski definition) is 4. The van der Waals surface area contributed by atoms with Crippen molar-refractivity contribution < 1.29 is 26.4 Å². The number of alkyl halides is 3. The minimum atomic E-state index is -5.42. The van der Waals surface area contributed by atoms with Gasteiger partial charge >= 0.3 is 5.51 Å². The number of aromatic nitrogens is 2. The van der Waals surface area contributed by atoms with E-state index in [1.165, 1.54) is 0 Å². The number of sulfone groups is 1. The smallest absolute Gasteiger partial charge is 0.330 e. The van der Waals surface area contributed by atoms with Crippen LogP contribution in [0.15, 0.2) is 41.4 Å². The molecule has 1 atom stereocenters. The van der Waals surface area contributed by atoms with Crippen molar-refractivity contribution in [2.24, 2.45) is 0 Å². The highest BCUT2D eigenvalue weighted by Gasteiger charge is 2.46. The van der Waals surface area contributed by atoms with Gasteiger partial charge in [0.2, 0.25) is 0 Å². The first-order chi connectivity index (χ1) is 11.7. The first-order valence-electron chi connectivity index (χ1n) is 7.43. The molecule has 0 aliphatic carbocycles. The van der Waals surface area contributed by atoms with E-state index < -0.39 is 20.2 Å². The molecule has 0 spiro atoms. The van der Waals surface area contributed by atoms with Crippen LogP contribution in [-0.2, 0) is 9.84 Å². The molecule has 1 aromatic carbocycles. The summed E-state index contributed by atoms with van der Waals surface area (Å²) >= 11 is 0. The molecular formula is C15H14F3N3O3S. The summed E-state index contributed by atoms with van der Waals surface area (Å²) < 4.78 is 60.4. The van der Waals surface area contributed by atoms with Gasteiger partial charge in [-0.15, -0.1) is 0 Å². The number of H-pyrrole nitrogens is 1. The highest BCUT2D eigenvalue weighted by Crippen LogP contribution is 2.33. The Hall–Kier alpha value is -2.36. The zero-order valence-electron chi connectivity index (χ0n) is 12.8. The third-order valence-electron chi connectivity index (χ3n) is 4.11. The average Bonchev–Trinajstić information content (AvgIpc) is 3.24. The zero-order valence-corrected chi connectivity index (χ0v) is 13.6. The summed E-state index contributed by atoms with van der Waals surface area (Å²) in [5.74, 6) is -0.368. The summed E-state index contributed by atoms with van der Waals surface area (Å²) in [7, 11) is -5.42. The fourth-order valence-electron chi connectivity index (χ4n) is 2.86. The number of benzene rings is 1. The van der Waals surface area contributed by atoms with Crippen molar-refractivity contribution in [2.45, 2.75) is 29.3 Å². The van der Waals surface area contributed by atoms with Gasteiger partial charge in [0.1, 0.15) is 0 Å². The van der Waals surface area contributed by atoms with E-state index in [0.29, 0.717) is 6.54 Å². The van der Waals surface area contributed by atoms with E-state index in [-0.39, 0.29) is 17.5 Å². The van der Waals surface area contributed by atoms with Gasteiger partial charge in [-0.05, 0) is 43.2 Å². The van der Waals surface area contributed by atoms with Crippen molar-refractivity contribution in [3.05, 3.63) is 47.8 Å². The van der Waals surface area contributed by atoms with Crippen molar-refractivity contribution >= 4 is 15.7 Å². The first kappa shape index (κ1) is 17.5. The number of aromatic amines is 1. The number of hydrogen-bond donors (Lipinski definition) is 1. The van der Waals surface area contributed by atoms with E-state index >= 15 is 0 Å². The van der Waals surface area contributed by atoms with E-state index in [0.717, 1.165) is 42.8 Å². The highest BCUT2D eigenvalue weighted by molar-refractivity contribution is 7.92. The molecule has 134 valence electrons. The topological polar surface area (TPSA) is 83.1 Å². The van der Waals surface area contributed by atoms with Gasteiger partial charge in [-0.2, -0.15) is 18.3 Å². The molecule has 25 heavy (non-hydrogen) atoms. The van der Waals surface area contributed by atoms with Crippen molar-refractivity contribution in [1.29, 1.82) is 0 Å². The van der Waals surface area contributed by atoms with Crippen LogP contribution in [0.25, 0.3) is 0 Å². The fourth-order valence-corrected chi connectivity index (χ4v) is 3.62. The van der Waals surface area contributed by atoms with Crippen LogP contribution >= 0.6 is 0 Å². The van der Waals surface area contributed by atoms with Gasteiger partial charge in [0.15, 0.2) is 0 Å². The summed E-state index contributed by atoms with van der Waals surface area (Å²) in [5, 5.41) is 6.67. The van der Waals surface area contributed by atoms with Crippen LogP contribution in [-0.4, -0.2) is 41.5 Å². The number of amides is 1. The van der Waals surface area contributed by atoms with Crippen LogP contribution in [0.2, 0.25) is 0 Å². The maximum atomic E-state index is 12.6. The largest absolute Gasteiger partial charge is 0.501 e. The molecule has 2 heterocycles. The zero-order chi connectivity index (χ0) is 18.2. The van der Waals surface area contributed by atoms with E-state index in [9.17, 15) is 26.4 Å². The van der Waals surface area contributed by atoms with Gasteiger partial charge in [-0.25, -0.2) is 8.42 Å². The van der Waals surface area contributed by atoms with E-state index in [4.69, 9.17) is 0 Å². The Bertz CT molecular complexity index is 862. The summed E-state index contributed by atoms with van der Waals surface area (Å²) in [5.41, 5.74) is -4.46. The molecule has 10 heteroatoms. The Kier molecular flexibility index (Phi) is 4.31. The van der Waals surface area contributed by atoms with Crippen molar-refractivity contribution in [3.8, 4) is 0 Å². The first-order valence-corrected chi connectivity index (χ1v) is 8.92. The number of nitrogens with zero attached hydrogens (tertiary/aromatic N) is 2. The molecule has 6 nitrogen and oxygen atoms in total. The number of carbonyl (C=O) groups excluding carboxylic acids is 1. The lowest BCUT2D eigenvalue weighted by Gasteiger charge is -2.24. The van der Waals surface area contributed by atoms with Gasteiger partial charge in [-0.1, -0.05) is 0 Å². The Morgan fingerprint density at radius 3 is 2.44 bits per heavy atom. The van der Waals surface area contributed by atoms with Gasteiger partial charge in [0, 0.05) is 18.3 Å². The minimum Gasteiger partial charge on any atom is -0.330 e. The maximum absolute atomic E-state index is 12.6. The van der Waals surface area contributed by atoms with Crippen molar-refractivity contribution in [1.82, 2.24) is 15.1 Å². The van der Waals surface area contributed by atoms with Crippen LogP contribution < -0.4 is 0 Å².